The van der Waals surface area contributed by atoms with E-state index in [1.807, 2.05) is 30.5 Å². The van der Waals surface area contributed by atoms with Crippen molar-refractivity contribution in [3.05, 3.63) is 35.9 Å². The van der Waals surface area contributed by atoms with Crippen LogP contribution < -0.4 is 11.3 Å². The summed E-state index contributed by atoms with van der Waals surface area (Å²) in [5.41, 5.74) is 4.67. The van der Waals surface area contributed by atoms with Crippen molar-refractivity contribution in [3.8, 4) is 0 Å². The Labute approximate surface area is 134 Å². The topological polar surface area (TPSA) is 76.7 Å². The maximum absolute atomic E-state index is 5.59. The Morgan fingerprint density at radius 2 is 2.05 bits per heavy atom. The molecule has 0 saturated carbocycles. The number of hydrazine groups is 1. The third-order valence-corrected chi connectivity index (χ3v) is 5.93. The van der Waals surface area contributed by atoms with Crippen LogP contribution in [0, 0.1) is 0 Å². The van der Waals surface area contributed by atoms with Gasteiger partial charge in [0, 0.05) is 16.7 Å². The molecule has 2 heterocycles. The fourth-order valence-corrected chi connectivity index (χ4v) is 4.28. The Hall–Kier alpha value is -1.35. The van der Waals surface area contributed by atoms with Gasteiger partial charge in [-0.15, -0.1) is 10.2 Å². The van der Waals surface area contributed by atoms with Crippen LogP contribution in [-0.2, 0) is 5.75 Å². The molecule has 3 rings (SSSR count). The highest BCUT2D eigenvalue weighted by atomic mass is 32.2. The summed E-state index contributed by atoms with van der Waals surface area (Å²) in [7, 11) is 0. The first kappa shape index (κ1) is 14.6. The molecule has 0 aliphatic rings. The summed E-state index contributed by atoms with van der Waals surface area (Å²) in [6, 6.07) is 10.1. The molecule has 8 heteroatoms. The summed E-state index contributed by atoms with van der Waals surface area (Å²) in [4.78, 5) is 4.54. The maximum atomic E-state index is 5.59. The van der Waals surface area contributed by atoms with E-state index in [0.717, 1.165) is 30.9 Å². The molecule has 2 aromatic heterocycles. The molecule has 3 aromatic rings. The monoisotopic (exact) mass is 335 g/mol. The zero-order chi connectivity index (χ0) is 14.7. The zero-order valence-corrected chi connectivity index (χ0v) is 13.7. The Kier molecular flexibility index (Phi) is 4.59. The first-order valence-electron chi connectivity index (χ1n) is 6.15. The number of thioether (sulfide) groups is 2. The van der Waals surface area contributed by atoms with Gasteiger partial charge in [0.1, 0.15) is 5.82 Å². The number of benzene rings is 1. The highest BCUT2D eigenvalue weighted by Crippen LogP contribution is 2.31. The lowest BCUT2D eigenvalue weighted by molar-refractivity contribution is 0.955. The highest BCUT2D eigenvalue weighted by molar-refractivity contribution is 8.02. The van der Waals surface area contributed by atoms with Crippen LogP contribution in [0.5, 0.6) is 0 Å². The molecule has 3 N–H and O–H groups in total. The molecular weight excluding hydrogens is 322 g/mol. The molecule has 21 heavy (non-hydrogen) atoms. The van der Waals surface area contributed by atoms with Gasteiger partial charge in [0.05, 0.1) is 5.52 Å². The van der Waals surface area contributed by atoms with E-state index in [9.17, 15) is 0 Å². The van der Waals surface area contributed by atoms with Crippen LogP contribution in [0.15, 0.2) is 39.0 Å². The van der Waals surface area contributed by atoms with E-state index in [2.05, 4.69) is 26.7 Å². The van der Waals surface area contributed by atoms with E-state index in [-0.39, 0.29) is 0 Å². The Balaban J connectivity index is 1.85. The molecule has 1 aromatic carbocycles. The second kappa shape index (κ2) is 6.61. The largest absolute Gasteiger partial charge is 0.308 e. The van der Waals surface area contributed by atoms with Crippen molar-refractivity contribution in [1.29, 1.82) is 0 Å². The number of aromatic nitrogens is 3. The number of para-hydroxylation sites is 1. The molecule has 0 unspecified atom stereocenters. The van der Waals surface area contributed by atoms with Crippen LogP contribution in [0.3, 0.4) is 0 Å². The lowest BCUT2D eigenvalue weighted by atomic mass is 10.1. The van der Waals surface area contributed by atoms with Crippen molar-refractivity contribution >= 4 is 51.6 Å². The van der Waals surface area contributed by atoms with Gasteiger partial charge in [-0.05, 0) is 18.4 Å². The van der Waals surface area contributed by atoms with Gasteiger partial charge >= 0.3 is 0 Å². The Morgan fingerprint density at radius 3 is 2.81 bits per heavy atom. The second-order valence-corrected chi connectivity index (χ2v) is 7.41. The number of anilines is 1. The molecule has 0 aliphatic carbocycles. The number of nitrogens with zero attached hydrogens (tertiary/aromatic N) is 3. The van der Waals surface area contributed by atoms with Gasteiger partial charge in [-0.25, -0.2) is 10.8 Å². The molecule has 0 atom stereocenters. The SMILES string of the molecule is CSc1nnc(SCc2cc3ccccc3nc2NN)s1. The van der Waals surface area contributed by atoms with Crippen LogP contribution in [0.2, 0.25) is 0 Å². The maximum Gasteiger partial charge on any atom is 0.175 e. The minimum Gasteiger partial charge on any atom is -0.308 e. The van der Waals surface area contributed by atoms with E-state index < -0.39 is 0 Å². The Morgan fingerprint density at radius 1 is 1.24 bits per heavy atom. The highest BCUT2D eigenvalue weighted by Gasteiger charge is 2.09. The molecular formula is C13H13N5S3. The first-order valence-corrected chi connectivity index (χ1v) is 9.18. The minimum absolute atomic E-state index is 0.704. The molecule has 5 nitrogen and oxygen atoms in total. The lowest BCUT2D eigenvalue weighted by Gasteiger charge is -2.08. The number of nitrogens with two attached hydrogens (primary N) is 1. The van der Waals surface area contributed by atoms with Crippen LogP contribution in [-0.4, -0.2) is 21.4 Å². The zero-order valence-electron chi connectivity index (χ0n) is 11.2. The molecule has 0 amide bonds. The van der Waals surface area contributed by atoms with E-state index in [4.69, 9.17) is 5.84 Å². The van der Waals surface area contributed by atoms with E-state index >= 15 is 0 Å². The van der Waals surface area contributed by atoms with Gasteiger partial charge in [-0.3, -0.25) is 0 Å². The lowest BCUT2D eigenvalue weighted by Crippen LogP contribution is -2.11. The number of rotatable bonds is 5. The number of hydrogen-bond donors (Lipinski definition) is 2. The molecule has 0 radical (unpaired) electrons. The van der Waals surface area contributed by atoms with Crippen molar-refractivity contribution in [2.75, 3.05) is 11.7 Å². The van der Waals surface area contributed by atoms with Crippen LogP contribution >= 0.6 is 34.9 Å². The third-order valence-electron chi connectivity index (χ3n) is 2.85. The summed E-state index contributed by atoms with van der Waals surface area (Å²) in [6.45, 7) is 0. The summed E-state index contributed by atoms with van der Waals surface area (Å²) >= 11 is 4.85. The molecule has 0 saturated heterocycles. The average molecular weight is 335 g/mol. The van der Waals surface area contributed by atoms with Crippen molar-refractivity contribution < 1.29 is 0 Å². The summed E-state index contributed by atoms with van der Waals surface area (Å²) in [6.07, 6.45) is 2.00. The number of nitrogen functional groups attached to an aromatic ring is 1. The summed E-state index contributed by atoms with van der Waals surface area (Å²) in [5.74, 6) is 7.04. The third kappa shape index (κ3) is 3.29. The summed E-state index contributed by atoms with van der Waals surface area (Å²) < 4.78 is 1.93. The van der Waals surface area contributed by atoms with Gasteiger partial charge in [-0.1, -0.05) is 53.1 Å². The van der Waals surface area contributed by atoms with Gasteiger partial charge in [-0.2, -0.15) is 0 Å². The normalized spacial score (nSPS) is 11.0. The number of nitrogens with one attached hydrogen (secondary N) is 1. The van der Waals surface area contributed by atoms with Crippen molar-refractivity contribution in [2.24, 2.45) is 5.84 Å². The van der Waals surface area contributed by atoms with E-state index in [0.29, 0.717) is 5.82 Å². The first-order chi connectivity index (χ1) is 10.3. The molecule has 0 fully saturated rings. The standard InChI is InChI=1S/C13H13N5S3/c1-19-12-17-18-13(21-12)20-7-9-6-8-4-2-3-5-10(8)15-11(9)16-14/h2-6H,7,14H2,1H3,(H,15,16). The van der Waals surface area contributed by atoms with E-state index in [1.165, 1.54) is 0 Å². The molecule has 0 aliphatic heterocycles. The predicted molar refractivity (Wildman–Crippen MR) is 90.8 cm³/mol. The van der Waals surface area contributed by atoms with Crippen molar-refractivity contribution in [1.82, 2.24) is 15.2 Å². The fourth-order valence-electron chi connectivity index (χ4n) is 1.87. The number of fused-ring (bicyclic) bond motifs is 1. The van der Waals surface area contributed by atoms with Gasteiger partial charge in [0.25, 0.3) is 0 Å². The summed E-state index contributed by atoms with van der Waals surface area (Å²) in [5, 5.41) is 9.36. The van der Waals surface area contributed by atoms with Crippen LogP contribution in [0.4, 0.5) is 5.82 Å². The van der Waals surface area contributed by atoms with Crippen molar-refractivity contribution in [3.63, 3.8) is 0 Å². The van der Waals surface area contributed by atoms with Crippen LogP contribution in [0.1, 0.15) is 5.56 Å². The quantitative estimate of drug-likeness (QED) is 0.420. The minimum atomic E-state index is 0.704. The molecule has 0 bridgehead atoms. The average Bonchev–Trinajstić information content (AvgIpc) is 3.00. The van der Waals surface area contributed by atoms with Crippen LogP contribution in [0.25, 0.3) is 10.9 Å². The van der Waals surface area contributed by atoms with Crippen molar-refractivity contribution in [2.45, 2.75) is 14.4 Å². The molecule has 0 spiro atoms. The number of hydrogen-bond acceptors (Lipinski definition) is 8. The molecule has 108 valence electrons. The fraction of sp³-hybridized carbons (Fsp3) is 0.154. The second-order valence-electron chi connectivity index (χ2n) is 4.16. The van der Waals surface area contributed by atoms with Gasteiger partial charge < -0.3 is 5.43 Å². The Bertz CT molecular complexity index is 758. The van der Waals surface area contributed by atoms with Gasteiger partial charge in [0.15, 0.2) is 8.68 Å². The van der Waals surface area contributed by atoms with Gasteiger partial charge in [0.2, 0.25) is 0 Å². The van der Waals surface area contributed by atoms with E-state index in [1.54, 1.807) is 34.9 Å². The predicted octanol–water partition coefficient (Wildman–Crippen LogP) is 3.39. The smallest absolute Gasteiger partial charge is 0.175 e. The number of pyridine rings is 1.